The second kappa shape index (κ2) is 7.24. The molecule has 1 saturated heterocycles. The van der Waals surface area contributed by atoms with E-state index in [2.05, 4.69) is 0 Å². The van der Waals surface area contributed by atoms with Crippen molar-refractivity contribution in [3.05, 3.63) is 0 Å². The molecule has 0 aromatic rings. The fourth-order valence-electron chi connectivity index (χ4n) is 2.21. The lowest BCUT2D eigenvalue weighted by Crippen LogP contribution is -2.49. The average Bonchev–Trinajstić information content (AvgIpc) is 2.37. The summed E-state index contributed by atoms with van der Waals surface area (Å²) < 4.78 is 31.0. The predicted octanol–water partition coefficient (Wildman–Crippen LogP) is 1.78. The van der Waals surface area contributed by atoms with Crippen LogP contribution in [-0.4, -0.2) is 43.6 Å². The van der Waals surface area contributed by atoms with Crippen molar-refractivity contribution >= 4 is 16.0 Å². The van der Waals surface area contributed by atoms with Crippen LogP contribution in [0.3, 0.4) is 0 Å². The van der Waals surface area contributed by atoms with E-state index in [4.69, 9.17) is 4.74 Å². The number of carbonyl (C=O) groups is 1. The number of hydrogen-bond acceptors (Lipinski definition) is 4. The Kier molecular flexibility index (Phi) is 6.26. The maximum Gasteiger partial charge on any atom is 0.324 e. The van der Waals surface area contributed by atoms with Crippen molar-refractivity contribution in [3.8, 4) is 0 Å². The van der Waals surface area contributed by atoms with Gasteiger partial charge in [0.05, 0.1) is 12.4 Å². The number of nitrogens with zero attached hydrogens (tertiary/aromatic N) is 1. The van der Waals surface area contributed by atoms with Crippen LogP contribution in [0.4, 0.5) is 0 Å². The van der Waals surface area contributed by atoms with Crippen molar-refractivity contribution in [3.63, 3.8) is 0 Å². The molecule has 1 atom stereocenters. The molecule has 112 valence electrons. The minimum Gasteiger partial charge on any atom is -0.465 e. The lowest BCUT2D eigenvalue weighted by atomic mass is 10.1. The zero-order valence-corrected chi connectivity index (χ0v) is 12.9. The number of sulfonamides is 1. The Balaban J connectivity index is 2.78. The van der Waals surface area contributed by atoms with E-state index in [-0.39, 0.29) is 12.4 Å². The van der Waals surface area contributed by atoms with E-state index in [9.17, 15) is 13.2 Å². The highest BCUT2D eigenvalue weighted by Gasteiger charge is 2.37. The van der Waals surface area contributed by atoms with Crippen LogP contribution in [0.15, 0.2) is 0 Å². The first-order chi connectivity index (χ1) is 8.88. The number of esters is 1. The fourth-order valence-corrected chi connectivity index (χ4v) is 4.20. The molecule has 0 N–H and O–H groups in total. The third-order valence-electron chi connectivity index (χ3n) is 3.32. The molecule has 0 aliphatic carbocycles. The Bertz CT molecular complexity index is 391. The van der Waals surface area contributed by atoms with Gasteiger partial charge in [0.1, 0.15) is 6.04 Å². The third-order valence-corrected chi connectivity index (χ3v) is 5.23. The zero-order valence-electron chi connectivity index (χ0n) is 12.1. The summed E-state index contributed by atoms with van der Waals surface area (Å²) in [5.74, 6) is 0.0385. The molecule has 1 rings (SSSR count). The zero-order chi connectivity index (χ0) is 14.5. The summed E-state index contributed by atoms with van der Waals surface area (Å²) in [7, 11) is -3.36. The van der Waals surface area contributed by atoms with Crippen LogP contribution < -0.4 is 0 Å². The largest absolute Gasteiger partial charge is 0.465 e. The maximum atomic E-state index is 12.3. The summed E-state index contributed by atoms with van der Waals surface area (Å²) in [5.41, 5.74) is 0. The second-order valence-corrected chi connectivity index (χ2v) is 7.41. The summed E-state index contributed by atoms with van der Waals surface area (Å²) in [5, 5.41) is 0. The molecule has 19 heavy (non-hydrogen) atoms. The molecule has 1 aliphatic rings. The SMILES string of the molecule is CCOC(=O)C1CCCCN1S(=O)(=O)CCC(C)C. The van der Waals surface area contributed by atoms with E-state index in [1.54, 1.807) is 6.92 Å². The monoisotopic (exact) mass is 291 g/mol. The molecule has 0 aromatic carbocycles. The molecule has 0 spiro atoms. The van der Waals surface area contributed by atoms with E-state index in [1.807, 2.05) is 13.8 Å². The Morgan fingerprint density at radius 2 is 2.05 bits per heavy atom. The molecule has 1 heterocycles. The summed E-state index contributed by atoms with van der Waals surface area (Å²) >= 11 is 0. The van der Waals surface area contributed by atoms with E-state index < -0.39 is 22.0 Å². The Labute approximate surface area is 116 Å². The van der Waals surface area contributed by atoms with Gasteiger partial charge in [-0.05, 0) is 38.5 Å². The van der Waals surface area contributed by atoms with Gasteiger partial charge >= 0.3 is 5.97 Å². The molecule has 0 amide bonds. The van der Waals surface area contributed by atoms with Gasteiger partial charge in [-0.25, -0.2) is 8.42 Å². The van der Waals surface area contributed by atoms with E-state index in [1.165, 1.54) is 4.31 Å². The highest BCUT2D eigenvalue weighted by atomic mass is 32.2. The van der Waals surface area contributed by atoms with Gasteiger partial charge in [0.25, 0.3) is 0 Å². The van der Waals surface area contributed by atoms with Gasteiger partial charge < -0.3 is 4.74 Å². The topological polar surface area (TPSA) is 63.7 Å². The molecule has 1 fully saturated rings. The first-order valence-electron chi connectivity index (χ1n) is 7.04. The number of hydrogen-bond donors (Lipinski definition) is 0. The minimum absolute atomic E-state index is 0.112. The van der Waals surface area contributed by atoms with Gasteiger partial charge in [0.2, 0.25) is 10.0 Å². The van der Waals surface area contributed by atoms with Gasteiger partial charge in [0, 0.05) is 6.54 Å². The fraction of sp³-hybridized carbons (Fsp3) is 0.923. The van der Waals surface area contributed by atoms with Crippen LogP contribution in [0.5, 0.6) is 0 Å². The van der Waals surface area contributed by atoms with E-state index in [0.29, 0.717) is 25.3 Å². The summed E-state index contributed by atoms with van der Waals surface area (Å²) in [6.45, 7) is 6.45. The van der Waals surface area contributed by atoms with Gasteiger partial charge in [0.15, 0.2) is 0 Å². The van der Waals surface area contributed by atoms with Crippen molar-refractivity contribution in [1.82, 2.24) is 4.31 Å². The van der Waals surface area contributed by atoms with Crippen LogP contribution in [0.1, 0.15) is 46.5 Å². The van der Waals surface area contributed by atoms with E-state index in [0.717, 1.165) is 12.8 Å². The Morgan fingerprint density at radius 3 is 2.63 bits per heavy atom. The predicted molar refractivity (Wildman–Crippen MR) is 74.2 cm³/mol. The maximum absolute atomic E-state index is 12.3. The lowest BCUT2D eigenvalue weighted by Gasteiger charge is -2.33. The second-order valence-electron chi connectivity index (χ2n) is 5.37. The standard InChI is InChI=1S/C13H25NO4S/c1-4-18-13(15)12-7-5-6-9-14(12)19(16,17)10-8-11(2)3/h11-12H,4-10H2,1-3H3. The molecule has 1 aliphatic heterocycles. The molecular weight excluding hydrogens is 266 g/mol. The van der Waals surface area contributed by atoms with Gasteiger partial charge in [-0.3, -0.25) is 4.79 Å². The highest BCUT2D eigenvalue weighted by molar-refractivity contribution is 7.89. The van der Waals surface area contributed by atoms with Crippen molar-refractivity contribution < 1.29 is 17.9 Å². The molecule has 5 nitrogen and oxygen atoms in total. The summed E-state index contributed by atoms with van der Waals surface area (Å²) in [6.07, 6.45) is 2.88. The van der Waals surface area contributed by atoms with Crippen molar-refractivity contribution in [2.45, 2.75) is 52.5 Å². The van der Waals surface area contributed by atoms with Crippen molar-refractivity contribution in [2.75, 3.05) is 18.9 Å². The molecule has 0 radical (unpaired) electrons. The third kappa shape index (κ3) is 4.76. The van der Waals surface area contributed by atoms with Crippen molar-refractivity contribution in [2.24, 2.45) is 5.92 Å². The lowest BCUT2D eigenvalue weighted by molar-refractivity contribution is -0.148. The van der Waals surface area contributed by atoms with Crippen LogP contribution in [0.2, 0.25) is 0 Å². The highest BCUT2D eigenvalue weighted by Crippen LogP contribution is 2.23. The van der Waals surface area contributed by atoms with Gasteiger partial charge in [-0.2, -0.15) is 4.31 Å². The van der Waals surface area contributed by atoms with Crippen molar-refractivity contribution in [1.29, 1.82) is 0 Å². The number of piperidine rings is 1. The quantitative estimate of drug-likeness (QED) is 0.700. The summed E-state index contributed by atoms with van der Waals surface area (Å²) in [4.78, 5) is 11.9. The first-order valence-corrected chi connectivity index (χ1v) is 8.65. The molecule has 0 bridgehead atoms. The molecule has 0 saturated carbocycles. The Morgan fingerprint density at radius 1 is 1.37 bits per heavy atom. The summed E-state index contributed by atoms with van der Waals surface area (Å²) in [6, 6.07) is -0.620. The van der Waals surface area contributed by atoms with Crippen LogP contribution in [-0.2, 0) is 19.6 Å². The average molecular weight is 291 g/mol. The Hall–Kier alpha value is -0.620. The van der Waals surface area contributed by atoms with Gasteiger partial charge in [-0.15, -0.1) is 0 Å². The smallest absolute Gasteiger partial charge is 0.324 e. The minimum atomic E-state index is -3.36. The number of ether oxygens (including phenoxy) is 1. The number of carbonyl (C=O) groups excluding carboxylic acids is 1. The normalized spacial score (nSPS) is 21.6. The molecule has 0 aromatic heterocycles. The van der Waals surface area contributed by atoms with Crippen LogP contribution in [0.25, 0.3) is 0 Å². The molecule has 6 heteroatoms. The van der Waals surface area contributed by atoms with Gasteiger partial charge in [-0.1, -0.05) is 13.8 Å². The number of rotatable bonds is 6. The van der Waals surface area contributed by atoms with E-state index >= 15 is 0 Å². The van der Waals surface area contributed by atoms with Crippen LogP contribution in [0, 0.1) is 5.92 Å². The first kappa shape index (κ1) is 16.4. The molecular formula is C13H25NO4S. The molecule has 1 unspecified atom stereocenters. The van der Waals surface area contributed by atoms with Crippen LogP contribution >= 0.6 is 0 Å².